The van der Waals surface area contributed by atoms with Crippen molar-refractivity contribution in [3.05, 3.63) is 17.5 Å². The summed E-state index contributed by atoms with van der Waals surface area (Å²) in [4.78, 5) is 0. The molecule has 1 aliphatic rings. The Morgan fingerprint density at radius 1 is 1.77 bits per heavy atom. The molecule has 0 saturated carbocycles. The maximum Gasteiger partial charge on any atom is 0.150 e. The van der Waals surface area contributed by atoms with Gasteiger partial charge in [0.25, 0.3) is 0 Å². The standard InChI is InChI=1S/C9H14N2OS/c1-7-4-9(12-11-7)5-10-8-2-3-13-6-8/h4,8,10H,2-3,5-6H2,1H3. The van der Waals surface area contributed by atoms with E-state index in [1.165, 1.54) is 17.9 Å². The van der Waals surface area contributed by atoms with Gasteiger partial charge in [-0.2, -0.15) is 11.8 Å². The second-order valence-electron chi connectivity index (χ2n) is 3.38. The highest BCUT2D eigenvalue weighted by Crippen LogP contribution is 2.17. The molecule has 1 aliphatic heterocycles. The molecule has 0 aliphatic carbocycles. The molecule has 1 fully saturated rings. The van der Waals surface area contributed by atoms with Gasteiger partial charge in [0.2, 0.25) is 0 Å². The molecule has 4 heteroatoms. The van der Waals surface area contributed by atoms with Crippen LogP contribution in [-0.2, 0) is 6.54 Å². The van der Waals surface area contributed by atoms with Gasteiger partial charge in [-0.05, 0) is 19.1 Å². The van der Waals surface area contributed by atoms with Crippen LogP contribution in [-0.4, -0.2) is 22.7 Å². The lowest BCUT2D eigenvalue weighted by atomic mass is 10.2. The van der Waals surface area contributed by atoms with Gasteiger partial charge in [0, 0.05) is 17.9 Å². The van der Waals surface area contributed by atoms with E-state index in [1.54, 1.807) is 0 Å². The molecule has 3 nitrogen and oxygen atoms in total. The van der Waals surface area contributed by atoms with Crippen molar-refractivity contribution in [1.29, 1.82) is 0 Å². The second kappa shape index (κ2) is 4.15. The fourth-order valence-corrected chi connectivity index (χ4v) is 2.63. The number of hydrogen-bond donors (Lipinski definition) is 1. The van der Waals surface area contributed by atoms with Crippen molar-refractivity contribution in [2.45, 2.75) is 25.9 Å². The van der Waals surface area contributed by atoms with Crippen LogP contribution in [0.15, 0.2) is 10.6 Å². The van der Waals surface area contributed by atoms with Crippen LogP contribution in [0.5, 0.6) is 0 Å². The first-order valence-electron chi connectivity index (χ1n) is 4.58. The summed E-state index contributed by atoms with van der Waals surface area (Å²) >= 11 is 2.01. The molecule has 0 radical (unpaired) electrons. The molecule has 1 saturated heterocycles. The van der Waals surface area contributed by atoms with Gasteiger partial charge in [0.05, 0.1) is 12.2 Å². The Hall–Kier alpha value is -0.480. The van der Waals surface area contributed by atoms with Gasteiger partial charge < -0.3 is 9.84 Å². The number of nitrogens with zero attached hydrogens (tertiary/aromatic N) is 1. The molecule has 1 aromatic heterocycles. The lowest BCUT2D eigenvalue weighted by Gasteiger charge is -2.07. The van der Waals surface area contributed by atoms with Crippen molar-refractivity contribution in [3.63, 3.8) is 0 Å². The van der Waals surface area contributed by atoms with Crippen molar-refractivity contribution >= 4 is 11.8 Å². The highest BCUT2D eigenvalue weighted by molar-refractivity contribution is 7.99. The zero-order chi connectivity index (χ0) is 9.10. The van der Waals surface area contributed by atoms with Gasteiger partial charge in [-0.1, -0.05) is 5.16 Å². The van der Waals surface area contributed by atoms with E-state index in [1.807, 2.05) is 24.8 Å². The number of aromatic nitrogens is 1. The summed E-state index contributed by atoms with van der Waals surface area (Å²) in [7, 11) is 0. The highest BCUT2D eigenvalue weighted by Gasteiger charge is 2.14. The third kappa shape index (κ3) is 2.48. The van der Waals surface area contributed by atoms with Crippen LogP contribution in [0.4, 0.5) is 0 Å². The van der Waals surface area contributed by atoms with Crippen LogP contribution >= 0.6 is 11.8 Å². The van der Waals surface area contributed by atoms with Crippen molar-refractivity contribution in [3.8, 4) is 0 Å². The average molecular weight is 198 g/mol. The molecule has 2 rings (SSSR count). The molecule has 1 unspecified atom stereocenters. The number of nitrogens with one attached hydrogen (secondary N) is 1. The summed E-state index contributed by atoms with van der Waals surface area (Å²) in [5.41, 5.74) is 0.956. The summed E-state index contributed by atoms with van der Waals surface area (Å²) < 4.78 is 5.10. The Bertz CT molecular complexity index is 268. The predicted molar refractivity (Wildman–Crippen MR) is 53.8 cm³/mol. The minimum absolute atomic E-state index is 0.662. The lowest BCUT2D eigenvalue weighted by Crippen LogP contribution is -2.27. The van der Waals surface area contributed by atoms with Crippen molar-refractivity contribution in [1.82, 2.24) is 10.5 Å². The monoisotopic (exact) mass is 198 g/mol. The molecular formula is C9H14N2OS. The molecule has 2 heterocycles. The molecule has 1 N–H and O–H groups in total. The predicted octanol–water partition coefficient (Wildman–Crippen LogP) is 1.58. The van der Waals surface area contributed by atoms with E-state index in [0.29, 0.717) is 6.04 Å². The fraction of sp³-hybridized carbons (Fsp3) is 0.667. The Balaban J connectivity index is 1.78. The van der Waals surface area contributed by atoms with E-state index in [9.17, 15) is 0 Å². The van der Waals surface area contributed by atoms with Crippen LogP contribution in [0.1, 0.15) is 17.9 Å². The number of hydrogen-bond acceptors (Lipinski definition) is 4. The number of aryl methyl sites for hydroxylation is 1. The quantitative estimate of drug-likeness (QED) is 0.800. The second-order valence-corrected chi connectivity index (χ2v) is 4.53. The first-order valence-corrected chi connectivity index (χ1v) is 5.73. The van der Waals surface area contributed by atoms with Gasteiger partial charge in [0.15, 0.2) is 5.76 Å². The zero-order valence-corrected chi connectivity index (χ0v) is 8.56. The van der Waals surface area contributed by atoms with Gasteiger partial charge in [0.1, 0.15) is 0 Å². The summed E-state index contributed by atoms with van der Waals surface area (Å²) in [5, 5.41) is 7.30. The molecule has 0 spiro atoms. The maximum absolute atomic E-state index is 5.10. The largest absolute Gasteiger partial charge is 0.360 e. The minimum atomic E-state index is 0.662. The third-order valence-corrected chi connectivity index (χ3v) is 3.33. The van der Waals surface area contributed by atoms with E-state index in [2.05, 4.69) is 10.5 Å². The van der Waals surface area contributed by atoms with Crippen LogP contribution in [0.25, 0.3) is 0 Å². The maximum atomic E-state index is 5.10. The Labute approximate surface area is 82.3 Å². The molecule has 0 amide bonds. The zero-order valence-electron chi connectivity index (χ0n) is 7.75. The number of rotatable bonds is 3. The Morgan fingerprint density at radius 2 is 2.69 bits per heavy atom. The van der Waals surface area contributed by atoms with E-state index in [0.717, 1.165) is 18.0 Å². The highest BCUT2D eigenvalue weighted by atomic mass is 32.2. The van der Waals surface area contributed by atoms with E-state index < -0.39 is 0 Å². The van der Waals surface area contributed by atoms with Crippen molar-refractivity contribution in [2.24, 2.45) is 0 Å². The van der Waals surface area contributed by atoms with Gasteiger partial charge in [-0.3, -0.25) is 0 Å². The summed E-state index contributed by atoms with van der Waals surface area (Å²) in [6.45, 7) is 2.75. The van der Waals surface area contributed by atoms with Crippen LogP contribution < -0.4 is 5.32 Å². The molecule has 0 aromatic carbocycles. The first kappa shape index (κ1) is 9.09. The fourth-order valence-electron chi connectivity index (χ4n) is 1.44. The van der Waals surface area contributed by atoms with E-state index in [4.69, 9.17) is 4.52 Å². The molecule has 0 bridgehead atoms. The minimum Gasteiger partial charge on any atom is -0.360 e. The third-order valence-electron chi connectivity index (χ3n) is 2.17. The topological polar surface area (TPSA) is 38.1 Å². The van der Waals surface area contributed by atoms with E-state index in [-0.39, 0.29) is 0 Å². The van der Waals surface area contributed by atoms with Crippen LogP contribution in [0.2, 0.25) is 0 Å². The Morgan fingerprint density at radius 3 is 3.31 bits per heavy atom. The molecule has 13 heavy (non-hydrogen) atoms. The normalized spacial score (nSPS) is 22.4. The smallest absolute Gasteiger partial charge is 0.150 e. The SMILES string of the molecule is Cc1cc(CNC2CCSC2)on1. The first-order chi connectivity index (χ1) is 6.34. The van der Waals surface area contributed by atoms with E-state index >= 15 is 0 Å². The van der Waals surface area contributed by atoms with Gasteiger partial charge >= 0.3 is 0 Å². The lowest BCUT2D eigenvalue weighted by molar-refractivity contribution is 0.363. The van der Waals surface area contributed by atoms with Crippen molar-refractivity contribution < 1.29 is 4.52 Å². The average Bonchev–Trinajstić information content (AvgIpc) is 2.71. The molecular weight excluding hydrogens is 184 g/mol. The number of thioether (sulfide) groups is 1. The molecule has 1 aromatic rings. The van der Waals surface area contributed by atoms with Crippen LogP contribution in [0.3, 0.4) is 0 Å². The summed E-state index contributed by atoms with van der Waals surface area (Å²) in [5.74, 6) is 3.45. The molecule has 72 valence electrons. The Kier molecular flexibility index (Phi) is 2.90. The van der Waals surface area contributed by atoms with Crippen molar-refractivity contribution in [2.75, 3.05) is 11.5 Å². The van der Waals surface area contributed by atoms with Gasteiger partial charge in [-0.15, -0.1) is 0 Å². The molecule has 1 atom stereocenters. The van der Waals surface area contributed by atoms with Gasteiger partial charge in [-0.25, -0.2) is 0 Å². The summed E-state index contributed by atoms with van der Waals surface area (Å²) in [6, 6.07) is 2.64. The summed E-state index contributed by atoms with van der Waals surface area (Å²) in [6.07, 6.45) is 1.28. The van der Waals surface area contributed by atoms with Crippen LogP contribution in [0, 0.1) is 6.92 Å².